The summed E-state index contributed by atoms with van der Waals surface area (Å²) >= 11 is 0. The molecule has 0 amide bonds. The summed E-state index contributed by atoms with van der Waals surface area (Å²) in [6.45, 7) is 5.61. The third-order valence-electron chi connectivity index (χ3n) is 6.72. The van der Waals surface area contributed by atoms with Crippen LogP contribution in [0.5, 0.6) is 11.5 Å². The van der Waals surface area contributed by atoms with Crippen LogP contribution >= 0.6 is 0 Å². The smallest absolute Gasteiger partial charge is 0.177 e. The van der Waals surface area contributed by atoms with Gasteiger partial charge < -0.3 is 14.4 Å². The van der Waals surface area contributed by atoms with Gasteiger partial charge in [0.15, 0.2) is 22.7 Å². The molecule has 0 spiro atoms. The number of nitrogens with zero attached hydrogens (tertiary/aromatic N) is 3. The molecule has 4 rings (SSSR count). The predicted octanol–water partition coefficient (Wildman–Crippen LogP) is 4.85. The maximum atomic E-state index is 13.9. The van der Waals surface area contributed by atoms with Crippen LogP contribution in [-0.2, 0) is 4.79 Å². The summed E-state index contributed by atoms with van der Waals surface area (Å²) in [4.78, 5) is 15.8. The van der Waals surface area contributed by atoms with Crippen molar-refractivity contribution >= 4 is 11.9 Å². The van der Waals surface area contributed by atoms with Crippen molar-refractivity contribution in [3.05, 3.63) is 65.4 Å². The Labute approximate surface area is 194 Å². The number of hydrogen-bond donors (Lipinski definition) is 0. The van der Waals surface area contributed by atoms with E-state index in [1.807, 2.05) is 68.3 Å². The third-order valence-corrected chi connectivity index (χ3v) is 6.72. The molecule has 6 heteroatoms. The van der Waals surface area contributed by atoms with E-state index < -0.39 is 28.8 Å². The van der Waals surface area contributed by atoms with Crippen LogP contribution < -0.4 is 9.47 Å². The lowest BCUT2D eigenvalue weighted by Gasteiger charge is -2.36. The van der Waals surface area contributed by atoms with Crippen molar-refractivity contribution in [3.8, 4) is 23.6 Å². The number of fused-ring (bicyclic) bond motifs is 3. The van der Waals surface area contributed by atoms with Gasteiger partial charge in [-0.05, 0) is 34.9 Å². The first-order valence-electron chi connectivity index (χ1n) is 10.9. The molecule has 0 bridgehead atoms. The quantitative estimate of drug-likeness (QED) is 0.674. The summed E-state index contributed by atoms with van der Waals surface area (Å²) in [5, 5.41) is 21.1. The first-order valence-corrected chi connectivity index (χ1v) is 10.9. The average Bonchev–Trinajstić information content (AvgIpc) is 3.13. The molecule has 168 valence electrons. The van der Waals surface area contributed by atoms with E-state index >= 15 is 0 Å². The second-order valence-corrected chi connectivity index (χ2v) is 9.54. The molecule has 2 aliphatic rings. The molecular formula is C27H27N3O3. The normalized spacial score (nSPS) is 22.5. The van der Waals surface area contributed by atoms with Gasteiger partial charge in [0.25, 0.3) is 0 Å². The zero-order valence-corrected chi connectivity index (χ0v) is 19.5. The van der Waals surface area contributed by atoms with Crippen LogP contribution in [0.25, 0.3) is 6.08 Å². The Balaban J connectivity index is 2.02. The molecule has 2 aromatic carbocycles. The minimum absolute atomic E-state index is 0.0244. The Morgan fingerprint density at radius 2 is 1.70 bits per heavy atom. The number of rotatable bonds is 4. The van der Waals surface area contributed by atoms with Crippen molar-refractivity contribution in [1.82, 2.24) is 4.90 Å². The predicted molar refractivity (Wildman–Crippen MR) is 124 cm³/mol. The lowest BCUT2D eigenvalue weighted by atomic mass is 9.66. The molecule has 2 aliphatic heterocycles. The van der Waals surface area contributed by atoms with Crippen molar-refractivity contribution in [1.29, 1.82) is 10.5 Å². The first kappa shape index (κ1) is 22.4. The number of methoxy groups -OCH3 is 2. The second-order valence-electron chi connectivity index (χ2n) is 9.54. The SMILES string of the molecule is COc1ccc([C@@H]2[C@@H](C(=O)C(C)(C)C)N3C=Cc4ccccc4[C@@H]3C2(C#N)C#N)cc1OC. The van der Waals surface area contributed by atoms with Gasteiger partial charge >= 0.3 is 0 Å². The maximum absolute atomic E-state index is 13.9. The summed E-state index contributed by atoms with van der Waals surface area (Å²) in [6.07, 6.45) is 3.82. The summed E-state index contributed by atoms with van der Waals surface area (Å²) in [5.41, 5.74) is 0.349. The molecule has 0 unspecified atom stereocenters. The summed E-state index contributed by atoms with van der Waals surface area (Å²) in [5.74, 6) is 0.312. The summed E-state index contributed by atoms with van der Waals surface area (Å²) in [6, 6.07) is 16.5. The van der Waals surface area contributed by atoms with Crippen LogP contribution in [0.4, 0.5) is 0 Å². The van der Waals surface area contributed by atoms with Crippen molar-refractivity contribution in [2.75, 3.05) is 14.2 Å². The van der Waals surface area contributed by atoms with Crippen molar-refractivity contribution in [2.24, 2.45) is 10.8 Å². The number of carbonyl (C=O) groups excluding carboxylic acids is 1. The lowest BCUT2D eigenvalue weighted by Crippen LogP contribution is -2.43. The molecular weight excluding hydrogens is 414 g/mol. The minimum atomic E-state index is -1.49. The molecule has 0 aromatic heterocycles. The number of ether oxygens (including phenoxy) is 2. The fourth-order valence-corrected chi connectivity index (χ4v) is 5.16. The molecule has 0 N–H and O–H groups in total. The van der Waals surface area contributed by atoms with E-state index in [0.717, 1.165) is 11.1 Å². The van der Waals surface area contributed by atoms with E-state index in [0.29, 0.717) is 17.1 Å². The highest BCUT2D eigenvalue weighted by Gasteiger charge is 2.64. The molecule has 3 atom stereocenters. The lowest BCUT2D eigenvalue weighted by molar-refractivity contribution is -0.130. The van der Waals surface area contributed by atoms with Gasteiger partial charge in [-0.15, -0.1) is 0 Å². The molecule has 6 nitrogen and oxygen atoms in total. The maximum Gasteiger partial charge on any atom is 0.177 e. The van der Waals surface area contributed by atoms with E-state index in [9.17, 15) is 15.3 Å². The van der Waals surface area contributed by atoms with Gasteiger partial charge in [0.1, 0.15) is 0 Å². The van der Waals surface area contributed by atoms with Gasteiger partial charge in [-0.25, -0.2) is 0 Å². The highest BCUT2D eigenvalue weighted by molar-refractivity contribution is 5.91. The number of hydrogen-bond acceptors (Lipinski definition) is 6. The Morgan fingerprint density at radius 3 is 2.30 bits per heavy atom. The van der Waals surface area contributed by atoms with Crippen molar-refractivity contribution in [2.45, 2.75) is 38.8 Å². The van der Waals surface area contributed by atoms with Gasteiger partial charge in [-0.1, -0.05) is 51.1 Å². The molecule has 0 radical (unpaired) electrons. The van der Waals surface area contributed by atoms with Crippen LogP contribution in [0.15, 0.2) is 48.7 Å². The summed E-state index contributed by atoms with van der Waals surface area (Å²) in [7, 11) is 3.09. The third kappa shape index (κ3) is 3.26. The fourth-order valence-electron chi connectivity index (χ4n) is 5.16. The Bertz CT molecular complexity index is 1200. The number of benzene rings is 2. The second kappa shape index (κ2) is 7.98. The van der Waals surface area contributed by atoms with Gasteiger partial charge in [-0.3, -0.25) is 4.79 Å². The van der Waals surface area contributed by atoms with Crippen LogP contribution in [0.2, 0.25) is 0 Å². The molecule has 1 saturated heterocycles. The molecule has 33 heavy (non-hydrogen) atoms. The zero-order chi connectivity index (χ0) is 24.0. The number of ketones is 1. The van der Waals surface area contributed by atoms with E-state index in [1.165, 1.54) is 7.11 Å². The van der Waals surface area contributed by atoms with E-state index in [2.05, 4.69) is 12.1 Å². The van der Waals surface area contributed by atoms with E-state index in [-0.39, 0.29) is 5.78 Å². The standard InChI is InChI=1S/C27H27N3O3/c1-26(2,3)25(31)23-22(18-10-11-20(32-4)21(14-18)33-5)27(15-28,16-29)24-19-9-7-6-8-17(19)12-13-30(23)24/h6-14,22-24H,1-5H3/t22-,23+,24-/m1/s1. The van der Waals surface area contributed by atoms with E-state index in [1.54, 1.807) is 19.2 Å². The number of carbonyl (C=O) groups is 1. The topological polar surface area (TPSA) is 86.4 Å². The van der Waals surface area contributed by atoms with Crippen LogP contribution in [-0.4, -0.2) is 30.9 Å². The molecule has 2 heterocycles. The first-order chi connectivity index (χ1) is 15.7. The monoisotopic (exact) mass is 441 g/mol. The van der Waals surface area contributed by atoms with E-state index in [4.69, 9.17) is 9.47 Å². The zero-order valence-electron chi connectivity index (χ0n) is 19.5. The van der Waals surface area contributed by atoms with Gasteiger partial charge in [0.05, 0.1) is 38.4 Å². The average molecular weight is 442 g/mol. The fraction of sp³-hybridized carbons (Fsp3) is 0.370. The molecule has 1 fully saturated rings. The van der Waals surface area contributed by atoms with Crippen LogP contribution in [0.1, 0.15) is 49.4 Å². The molecule has 2 aromatic rings. The largest absolute Gasteiger partial charge is 0.493 e. The van der Waals surface area contributed by atoms with Gasteiger partial charge in [0.2, 0.25) is 0 Å². The summed E-state index contributed by atoms with van der Waals surface area (Å²) < 4.78 is 10.9. The Hall–Kier alpha value is -3.77. The number of nitriles is 2. The number of Topliss-reactive ketones (excluding diaryl/α,β-unsaturated/α-hetero) is 1. The van der Waals surface area contributed by atoms with Crippen molar-refractivity contribution in [3.63, 3.8) is 0 Å². The molecule has 0 saturated carbocycles. The highest BCUT2D eigenvalue weighted by atomic mass is 16.5. The highest BCUT2D eigenvalue weighted by Crippen LogP contribution is 2.60. The van der Waals surface area contributed by atoms with Gasteiger partial charge in [-0.2, -0.15) is 10.5 Å². The molecule has 0 aliphatic carbocycles. The van der Waals surface area contributed by atoms with Crippen molar-refractivity contribution < 1.29 is 14.3 Å². The Morgan fingerprint density at radius 1 is 1.03 bits per heavy atom. The van der Waals surface area contributed by atoms with Crippen LogP contribution in [0.3, 0.4) is 0 Å². The van der Waals surface area contributed by atoms with Crippen LogP contribution in [0, 0.1) is 33.5 Å². The van der Waals surface area contributed by atoms with Gasteiger partial charge in [0, 0.05) is 17.5 Å². The Kier molecular flexibility index (Phi) is 5.42. The minimum Gasteiger partial charge on any atom is -0.493 e.